The third kappa shape index (κ3) is 5.87. The van der Waals surface area contributed by atoms with Gasteiger partial charge in [0.05, 0.1) is 0 Å². The molecular formula is C19H30N4O. The lowest BCUT2D eigenvalue weighted by molar-refractivity contribution is 0.0953. The minimum atomic E-state index is -0.0107. The Morgan fingerprint density at radius 2 is 2.00 bits per heavy atom. The number of aliphatic imine (C=N–C) groups is 1. The topological polar surface area (TPSA) is 65.5 Å². The van der Waals surface area contributed by atoms with Crippen LogP contribution in [-0.2, 0) is 6.54 Å². The zero-order valence-electron chi connectivity index (χ0n) is 14.9. The van der Waals surface area contributed by atoms with Crippen molar-refractivity contribution < 1.29 is 4.79 Å². The second kappa shape index (κ2) is 9.96. The van der Waals surface area contributed by atoms with Gasteiger partial charge in [0.15, 0.2) is 5.96 Å². The number of hydrogen-bond acceptors (Lipinski definition) is 2. The van der Waals surface area contributed by atoms with Crippen molar-refractivity contribution in [3.63, 3.8) is 0 Å². The average molecular weight is 330 g/mol. The molecule has 2 rings (SSSR count). The lowest BCUT2D eigenvalue weighted by Gasteiger charge is -2.24. The van der Waals surface area contributed by atoms with E-state index in [-0.39, 0.29) is 5.91 Å². The van der Waals surface area contributed by atoms with Gasteiger partial charge in [-0.05, 0) is 37.0 Å². The highest BCUT2D eigenvalue weighted by Crippen LogP contribution is 2.17. The molecule has 24 heavy (non-hydrogen) atoms. The molecule has 0 aromatic heterocycles. The number of nitrogens with one attached hydrogen (secondary N) is 3. The maximum atomic E-state index is 12.0. The molecule has 0 saturated heterocycles. The van der Waals surface area contributed by atoms with Crippen LogP contribution >= 0.6 is 0 Å². The summed E-state index contributed by atoms with van der Waals surface area (Å²) in [4.78, 5) is 16.4. The Labute approximate surface area is 145 Å². The van der Waals surface area contributed by atoms with Crippen LogP contribution in [-0.4, -0.2) is 31.5 Å². The van der Waals surface area contributed by atoms with Gasteiger partial charge in [-0.3, -0.25) is 9.79 Å². The van der Waals surface area contributed by atoms with Gasteiger partial charge in [-0.1, -0.05) is 38.3 Å². The highest BCUT2D eigenvalue weighted by molar-refractivity contribution is 5.94. The van der Waals surface area contributed by atoms with Gasteiger partial charge in [0, 0.05) is 31.7 Å². The molecule has 1 saturated carbocycles. The van der Waals surface area contributed by atoms with Crippen LogP contribution in [0, 0.1) is 0 Å². The molecule has 3 N–H and O–H groups in total. The Morgan fingerprint density at radius 3 is 2.71 bits per heavy atom. The second-order valence-corrected chi connectivity index (χ2v) is 6.36. The number of benzene rings is 1. The molecule has 0 bridgehead atoms. The quantitative estimate of drug-likeness (QED) is 0.555. The molecule has 1 aliphatic carbocycles. The molecule has 0 spiro atoms. The van der Waals surface area contributed by atoms with E-state index < -0.39 is 0 Å². The maximum absolute atomic E-state index is 12.0. The van der Waals surface area contributed by atoms with E-state index in [1.165, 1.54) is 32.1 Å². The fourth-order valence-corrected chi connectivity index (χ4v) is 2.98. The van der Waals surface area contributed by atoms with Crippen molar-refractivity contribution in [3.8, 4) is 0 Å². The molecule has 5 heteroatoms. The number of carbonyl (C=O) groups excluding carboxylic acids is 1. The summed E-state index contributed by atoms with van der Waals surface area (Å²) in [6.07, 6.45) is 7.31. The highest BCUT2D eigenvalue weighted by Gasteiger charge is 2.14. The first-order chi connectivity index (χ1) is 11.7. The summed E-state index contributed by atoms with van der Waals surface area (Å²) < 4.78 is 0. The van der Waals surface area contributed by atoms with Gasteiger partial charge in [0.1, 0.15) is 0 Å². The lowest BCUT2D eigenvalue weighted by Crippen LogP contribution is -2.43. The number of nitrogens with zero attached hydrogens (tertiary/aromatic N) is 1. The van der Waals surface area contributed by atoms with Gasteiger partial charge in [0.2, 0.25) is 0 Å². The predicted molar refractivity (Wildman–Crippen MR) is 99.3 cm³/mol. The van der Waals surface area contributed by atoms with Gasteiger partial charge in [-0.25, -0.2) is 0 Å². The van der Waals surface area contributed by atoms with E-state index >= 15 is 0 Å². The smallest absolute Gasteiger partial charge is 0.251 e. The van der Waals surface area contributed by atoms with E-state index in [4.69, 9.17) is 0 Å². The molecule has 0 unspecified atom stereocenters. The van der Waals surface area contributed by atoms with Crippen LogP contribution in [0.1, 0.15) is 61.4 Å². The first-order valence-electron chi connectivity index (χ1n) is 9.07. The summed E-state index contributed by atoms with van der Waals surface area (Å²) in [5, 5.41) is 9.76. The maximum Gasteiger partial charge on any atom is 0.251 e. The molecule has 132 valence electrons. The van der Waals surface area contributed by atoms with E-state index in [9.17, 15) is 4.79 Å². The molecule has 5 nitrogen and oxygen atoms in total. The van der Waals surface area contributed by atoms with E-state index in [1.807, 2.05) is 31.2 Å². The van der Waals surface area contributed by atoms with Crippen LogP contribution in [0.25, 0.3) is 0 Å². The lowest BCUT2D eigenvalue weighted by atomic mass is 9.96. The molecule has 0 atom stereocenters. The van der Waals surface area contributed by atoms with E-state index in [1.54, 1.807) is 7.05 Å². The first-order valence-corrected chi connectivity index (χ1v) is 9.07. The van der Waals surface area contributed by atoms with E-state index in [0.29, 0.717) is 24.7 Å². The van der Waals surface area contributed by atoms with Crippen LogP contribution in [0.4, 0.5) is 0 Å². The Hall–Kier alpha value is -2.04. The predicted octanol–water partition coefficient (Wildman–Crippen LogP) is 2.82. The van der Waals surface area contributed by atoms with Crippen LogP contribution in [0.2, 0.25) is 0 Å². The molecule has 1 amide bonds. The summed E-state index contributed by atoms with van der Waals surface area (Å²) in [5.41, 5.74) is 1.78. The molecule has 1 aromatic carbocycles. The molecule has 1 aliphatic rings. The van der Waals surface area contributed by atoms with Crippen molar-refractivity contribution in [2.24, 2.45) is 4.99 Å². The molecule has 0 aliphatic heterocycles. The van der Waals surface area contributed by atoms with Gasteiger partial charge in [0.25, 0.3) is 5.91 Å². The molecule has 0 radical (unpaired) electrons. The Kier molecular flexibility index (Phi) is 7.59. The zero-order valence-corrected chi connectivity index (χ0v) is 14.9. The summed E-state index contributed by atoms with van der Waals surface area (Å²) in [7, 11) is 1.80. The zero-order chi connectivity index (χ0) is 17.2. The SMILES string of the molecule is CCCNC(=O)c1cccc(CNC(=NC)NC2CCCCC2)c1. The number of hydrogen-bond donors (Lipinski definition) is 3. The second-order valence-electron chi connectivity index (χ2n) is 6.36. The molecule has 0 heterocycles. The first kappa shape index (κ1) is 18.3. The van der Waals surface area contributed by atoms with Gasteiger partial charge >= 0.3 is 0 Å². The average Bonchev–Trinajstić information content (AvgIpc) is 2.64. The van der Waals surface area contributed by atoms with Crippen LogP contribution in [0.3, 0.4) is 0 Å². The molecular weight excluding hydrogens is 300 g/mol. The van der Waals surface area contributed by atoms with Crippen LogP contribution in [0.5, 0.6) is 0 Å². The largest absolute Gasteiger partial charge is 0.354 e. The highest BCUT2D eigenvalue weighted by atomic mass is 16.1. The van der Waals surface area contributed by atoms with Gasteiger partial charge < -0.3 is 16.0 Å². The van der Waals surface area contributed by atoms with Crippen molar-refractivity contribution >= 4 is 11.9 Å². The van der Waals surface area contributed by atoms with Crippen molar-refractivity contribution in [2.75, 3.05) is 13.6 Å². The normalized spacial score (nSPS) is 15.8. The van der Waals surface area contributed by atoms with Gasteiger partial charge in [-0.15, -0.1) is 0 Å². The Bertz CT molecular complexity index is 550. The fraction of sp³-hybridized carbons (Fsp3) is 0.579. The van der Waals surface area contributed by atoms with Gasteiger partial charge in [-0.2, -0.15) is 0 Å². The third-order valence-electron chi connectivity index (χ3n) is 4.35. The minimum Gasteiger partial charge on any atom is -0.354 e. The van der Waals surface area contributed by atoms with E-state index in [2.05, 4.69) is 20.9 Å². The van der Waals surface area contributed by atoms with Crippen molar-refractivity contribution in [1.29, 1.82) is 0 Å². The fourth-order valence-electron chi connectivity index (χ4n) is 2.98. The number of rotatable bonds is 6. The van der Waals surface area contributed by atoms with E-state index in [0.717, 1.165) is 17.9 Å². The number of guanidine groups is 1. The van der Waals surface area contributed by atoms with Crippen LogP contribution in [0.15, 0.2) is 29.3 Å². The minimum absolute atomic E-state index is 0.0107. The van der Waals surface area contributed by atoms with Crippen molar-refractivity contribution in [3.05, 3.63) is 35.4 Å². The number of amides is 1. The Balaban J connectivity index is 1.86. The summed E-state index contributed by atoms with van der Waals surface area (Å²) >= 11 is 0. The van der Waals surface area contributed by atoms with Crippen LogP contribution < -0.4 is 16.0 Å². The molecule has 1 fully saturated rings. The summed E-state index contributed by atoms with van der Waals surface area (Å²) in [5.74, 6) is 0.825. The van der Waals surface area contributed by atoms with Crippen molar-refractivity contribution in [2.45, 2.75) is 58.0 Å². The number of carbonyl (C=O) groups is 1. The van der Waals surface area contributed by atoms with Crippen molar-refractivity contribution in [1.82, 2.24) is 16.0 Å². The summed E-state index contributed by atoms with van der Waals surface area (Å²) in [6.45, 7) is 3.41. The summed E-state index contributed by atoms with van der Waals surface area (Å²) in [6, 6.07) is 8.26. The monoisotopic (exact) mass is 330 g/mol. The standard InChI is InChI=1S/C19H30N4O/c1-3-12-21-18(24)16-9-7-8-15(13-16)14-22-19(20-2)23-17-10-5-4-6-11-17/h7-9,13,17H,3-6,10-12,14H2,1-2H3,(H,21,24)(H2,20,22,23). The third-order valence-corrected chi connectivity index (χ3v) is 4.35. The molecule has 1 aromatic rings. The Morgan fingerprint density at radius 1 is 1.21 bits per heavy atom.